The number of nitrogens with one attached hydrogen (secondary N) is 1. The minimum atomic E-state index is -0.805. The summed E-state index contributed by atoms with van der Waals surface area (Å²) in [5.41, 5.74) is 1.72. The van der Waals surface area contributed by atoms with Gasteiger partial charge in [-0.1, -0.05) is 36.4 Å². The van der Waals surface area contributed by atoms with Crippen molar-refractivity contribution in [1.82, 2.24) is 5.32 Å². The smallest absolute Gasteiger partial charge is 0.248 e. The Kier molecular flexibility index (Phi) is 7.88. The standard InChI is InChI=1S/C23H23ClN2O3S/c1-29-19-11-9-18(10-12-19)26(21(27)16-24)22(20-8-5-15-30-20)23(28)25-14-13-17-6-3-2-4-7-17/h2-12,15,22H,13-14,16H2,1H3,(H,25,28)/t22-/m1/s1. The summed E-state index contributed by atoms with van der Waals surface area (Å²) in [4.78, 5) is 28.2. The molecule has 1 atom stereocenters. The van der Waals surface area contributed by atoms with E-state index in [1.54, 1.807) is 31.4 Å². The monoisotopic (exact) mass is 442 g/mol. The van der Waals surface area contributed by atoms with Gasteiger partial charge in [0, 0.05) is 17.1 Å². The van der Waals surface area contributed by atoms with Crippen molar-refractivity contribution < 1.29 is 14.3 Å². The highest BCUT2D eigenvalue weighted by atomic mass is 35.5. The molecule has 5 nitrogen and oxygen atoms in total. The predicted octanol–water partition coefficient (Wildman–Crippen LogP) is 4.43. The van der Waals surface area contributed by atoms with Gasteiger partial charge >= 0.3 is 0 Å². The van der Waals surface area contributed by atoms with Gasteiger partial charge in [-0.2, -0.15) is 0 Å². The fraction of sp³-hybridized carbons (Fsp3) is 0.217. The summed E-state index contributed by atoms with van der Waals surface area (Å²) >= 11 is 7.33. The average Bonchev–Trinajstić information content (AvgIpc) is 3.32. The minimum absolute atomic E-state index is 0.231. The average molecular weight is 443 g/mol. The van der Waals surface area contributed by atoms with E-state index in [0.717, 1.165) is 10.4 Å². The Hall–Kier alpha value is -2.83. The lowest BCUT2D eigenvalue weighted by Gasteiger charge is -2.30. The second kappa shape index (κ2) is 10.8. The topological polar surface area (TPSA) is 58.6 Å². The Bertz CT molecular complexity index is 946. The molecule has 0 fully saturated rings. The number of methoxy groups -OCH3 is 1. The molecule has 1 heterocycles. The third-order valence-electron chi connectivity index (χ3n) is 4.61. The number of thiophene rings is 1. The number of hydrogen-bond donors (Lipinski definition) is 1. The van der Waals surface area contributed by atoms with Gasteiger partial charge in [0.05, 0.1) is 7.11 Å². The highest BCUT2D eigenvalue weighted by Gasteiger charge is 2.33. The Labute approximate surface area is 185 Å². The lowest BCUT2D eigenvalue weighted by Crippen LogP contribution is -2.44. The van der Waals surface area contributed by atoms with E-state index in [1.807, 2.05) is 47.8 Å². The first-order chi connectivity index (χ1) is 14.6. The minimum Gasteiger partial charge on any atom is -0.497 e. The molecule has 0 aliphatic carbocycles. The lowest BCUT2D eigenvalue weighted by molar-refractivity contribution is -0.125. The van der Waals surface area contributed by atoms with Crippen molar-refractivity contribution in [1.29, 1.82) is 0 Å². The number of carbonyl (C=O) groups is 2. The van der Waals surface area contributed by atoms with Crippen molar-refractivity contribution in [2.75, 3.05) is 24.4 Å². The van der Waals surface area contributed by atoms with Crippen LogP contribution in [0.1, 0.15) is 16.5 Å². The van der Waals surface area contributed by atoms with Gasteiger partial charge in [-0.05, 0) is 47.7 Å². The first-order valence-electron chi connectivity index (χ1n) is 9.51. The van der Waals surface area contributed by atoms with Crippen LogP contribution in [0.15, 0.2) is 72.1 Å². The molecule has 1 aromatic heterocycles. The van der Waals surface area contributed by atoms with Gasteiger partial charge in [0.15, 0.2) is 0 Å². The number of amides is 2. The predicted molar refractivity (Wildman–Crippen MR) is 121 cm³/mol. The van der Waals surface area contributed by atoms with Crippen molar-refractivity contribution in [2.45, 2.75) is 12.5 Å². The lowest BCUT2D eigenvalue weighted by atomic mass is 10.1. The zero-order chi connectivity index (χ0) is 21.3. The molecular formula is C23H23ClN2O3S. The third kappa shape index (κ3) is 5.40. The van der Waals surface area contributed by atoms with Gasteiger partial charge in [0.1, 0.15) is 17.7 Å². The summed E-state index contributed by atoms with van der Waals surface area (Å²) in [6.45, 7) is 0.468. The first kappa shape index (κ1) is 21.9. The molecule has 2 aromatic carbocycles. The maximum atomic E-state index is 13.2. The summed E-state index contributed by atoms with van der Waals surface area (Å²) < 4.78 is 5.20. The van der Waals surface area contributed by atoms with Crippen molar-refractivity contribution in [2.24, 2.45) is 0 Å². The normalized spacial score (nSPS) is 11.5. The molecule has 3 rings (SSSR count). The Morgan fingerprint density at radius 2 is 1.80 bits per heavy atom. The van der Waals surface area contributed by atoms with Crippen LogP contribution in [0.25, 0.3) is 0 Å². The molecule has 3 aromatic rings. The number of hydrogen-bond acceptors (Lipinski definition) is 4. The molecule has 156 valence electrons. The van der Waals surface area contributed by atoms with Crippen molar-refractivity contribution in [3.63, 3.8) is 0 Å². The second-order valence-corrected chi connectivity index (χ2v) is 7.79. The number of ether oxygens (including phenoxy) is 1. The first-order valence-corrected chi connectivity index (χ1v) is 10.9. The summed E-state index contributed by atoms with van der Waals surface area (Å²) in [7, 11) is 1.57. The molecule has 0 unspecified atom stereocenters. The molecule has 0 radical (unpaired) electrons. The molecule has 0 bridgehead atoms. The summed E-state index contributed by atoms with van der Waals surface area (Å²) in [6.07, 6.45) is 0.704. The third-order valence-corrected chi connectivity index (χ3v) is 5.76. The molecule has 1 N–H and O–H groups in total. The summed E-state index contributed by atoms with van der Waals surface area (Å²) in [5, 5.41) is 4.86. The largest absolute Gasteiger partial charge is 0.497 e. The van der Waals surface area contributed by atoms with Crippen LogP contribution < -0.4 is 15.0 Å². The van der Waals surface area contributed by atoms with E-state index >= 15 is 0 Å². The van der Waals surface area contributed by atoms with E-state index in [2.05, 4.69) is 5.32 Å². The molecule has 30 heavy (non-hydrogen) atoms. The van der Waals surface area contributed by atoms with E-state index in [0.29, 0.717) is 24.4 Å². The summed E-state index contributed by atoms with van der Waals surface area (Å²) in [5.74, 6) is -0.163. The van der Waals surface area contributed by atoms with Gasteiger partial charge in [-0.15, -0.1) is 22.9 Å². The zero-order valence-electron chi connectivity index (χ0n) is 16.6. The van der Waals surface area contributed by atoms with Gasteiger partial charge in [0.25, 0.3) is 0 Å². The number of carbonyl (C=O) groups excluding carboxylic acids is 2. The van der Waals surface area contributed by atoms with Gasteiger partial charge < -0.3 is 10.1 Å². The van der Waals surface area contributed by atoms with Crippen LogP contribution in [0, 0.1) is 0 Å². The van der Waals surface area contributed by atoms with Gasteiger partial charge in [-0.3, -0.25) is 14.5 Å². The molecule has 0 saturated heterocycles. The van der Waals surface area contributed by atoms with Crippen molar-refractivity contribution >= 4 is 40.4 Å². The van der Waals surface area contributed by atoms with Crippen molar-refractivity contribution in [3.05, 3.63) is 82.6 Å². The summed E-state index contributed by atoms with van der Waals surface area (Å²) in [6, 6.07) is 19.8. The van der Waals surface area contributed by atoms with E-state index in [9.17, 15) is 9.59 Å². The number of alkyl halides is 1. The highest BCUT2D eigenvalue weighted by molar-refractivity contribution is 7.10. The molecule has 0 aliphatic heterocycles. The van der Waals surface area contributed by atoms with Crippen LogP contribution in [0.2, 0.25) is 0 Å². The van der Waals surface area contributed by atoms with E-state index < -0.39 is 6.04 Å². The van der Waals surface area contributed by atoms with Crippen LogP contribution >= 0.6 is 22.9 Å². The van der Waals surface area contributed by atoms with Crippen LogP contribution in [-0.2, 0) is 16.0 Å². The number of nitrogens with zero attached hydrogens (tertiary/aromatic N) is 1. The number of anilines is 1. The number of benzene rings is 2. The zero-order valence-corrected chi connectivity index (χ0v) is 18.2. The molecule has 0 spiro atoms. The maximum Gasteiger partial charge on any atom is 0.248 e. The fourth-order valence-electron chi connectivity index (χ4n) is 3.14. The second-order valence-electron chi connectivity index (χ2n) is 6.54. The van der Waals surface area contributed by atoms with Gasteiger partial charge in [-0.25, -0.2) is 0 Å². The molecule has 2 amide bonds. The van der Waals surface area contributed by atoms with Crippen LogP contribution in [0.3, 0.4) is 0 Å². The fourth-order valence-corrected chi connectivity index (χ4v) is 4.08. The highest BCUT2D eigenvalue weighted by Crippen LogP contribution is 2.32. The Morgan fingerprint density at radius 1 is 1.07 bits per heavy atom. The van der Waals surface area contributed by atoms with Crippen LogP contribution in [0.4, 0.5) is 5.69 Å². The molecule has 7 heteroatoms. The molecule has 0 aliphatic rings. The number of rotatable bonds is 9. The quantitative estimate of drug-likeness (QED) is 0.499. The van der Waals surface area contributed by atoms with Crippen molar-refractivity contribution in [3.8, 4) is 5.75 Å². The molecule has 0 saturated carbocycles. The molecular weight excluding hydrogens is 420 g/mol. The SMILES string of the molecule is COc1ccc(N(C(=O)CCl)[C@@H](C(=O)NCCc2ccccc2)c2cccs2)cc1. The van der Waals surface area contributed by atoms with E-state index in [1.165, 1.54) is 16.2 Å². The van der Waals surface area contributed by atoms with Crippen LogP contribution in [0.5, 0.6) is 5.75 Å². The maximum absolute atomic E-state index is 13.2. The van der Waals surface area contributed by atoms with E-state index in [4.69, 9.17) is 16.3 Å². The Morgan fingerprint density at radius 3 is 2.40 bits per heavy atom. The Balaban J connectivity index is 1.85. The van der Waals surface area contributed by atoms with Crippen LogP contribution in [-0.4, -0.2) is 31.3 Å². The van der Waals surface area contributed by atoms with Gasteiger partial charge in [0.2, 0.25) is 11.8 Å². The van der Waals surface area contributed by atoms with E-state index in [-0.39, 0.29) is 17.7 Å². The number of halogens is 1.